The van der Waals surface area contributed by atoms with Crippen molar-refractivity contribution in [2.45, 2.75) is 0 Å². The van der Waals surface area contributed by atoms with Crippen LogP contribution in [0.15, 0.2) is 42.5 Å². The highest BCUT2D eigenvalue weighted by atomic mass is 16.3. The van der Waals surface area contributed by atoms with Crippen molar-refractivity contribution in [1.29, 1.82) is 0 Å². The largest absolute Gasteiger partial charge is 0.399 e. The molecule has 4 heteroatoms. The molecule has 2 aromatic rings. The lowest BCUT2D eigenvalue weighted by Crippen LogP contribution is -2.05. The Labute approximate surface area is 106 Å². The lowest BCUT2D eigenvalue weighted by Gasteiger charge is -2.10. The van der Waals surface area contributed by atoms with Gasteiger partial charge in [-0.1, -0.05) is 12.1 Å². The fraction of sp³-hybridized carbons (Fsp3) is 0.143. The number of hydrogen-bond acceptors (Lipinski definition) is 4. The number of nitrogens with two attached hydrogens (primary N) is 2. The van der Waals surface area contributed by atoms with Crippen LogP contribution in [0.25, 0.3) is 11.1 Å². The Bertz CT molecular complexity index is 540. The molecule has 0 aliphatic carbocycles. The fourth-order valence-corrected chi connectivity index (χ4v) is 1.82. The van der Waals surface area contributed by atoms with Crippen LogP contribution in [0.1, 0.15) is 0 Å². The van der Waals surface area contributed by atoms with E-state index < -0.39 is 0 Å². The van der Waals surface area contributed by atoms with E-state index in [4.69, 9.17) is 16.6 Å². The first-order valence-corrected chi connectivity index (χ1v) is 5.81. The minimum Gasteiger partial charge on any atom is -0.399 e. The minimum absolute atomic E-state index is 0.0952. The third-order valence-electron chi connectivity index (χ3n) is 2.69. The zero-order valence-electron chi connectivity index (χ0n) is 10.1. The molecule has 0 saturated heterocycles. The van der Waals surface area contributed by atoms with Gasteiger partial charge in [0.1, 0.15) is 0 Å². The van der Waals surface area contributed by atoms with Gasteiger partial charge in [-0.15, -0.1) is 0 Å². The van der Waals surface area contributed by atoms with E-state index in [2.05, 4.69) is 5.32 Å². The van der Waals surface area contributed by atoms with E-state index in [0.29, 0.717) is 17.9 Å². The molecule has 6 N–H and O–H groups in total. The van der Waals surface area contributed by atoms with Crippen molar-refractivity contribution in [3.8, 4) is 11.1 Å². The smallest absolute Gasteiger partial charge is 0.0604 e. The van der Waals surface area contributed by atoms with E-state index in [9.17, 15) is 0 Å². The second-order valence-electron chi connectivity index (χ2n) is 4.08. The molecule has 4 nitrogen and oxygen atoms in total. The predicted molar refractivity (Wildman–Crippen MR) is 76.3 cm³/mol. The van der Waals surface area contributed by atoms with Gasteiger partial charge in [0, 0.05) is 29.2 Å². The van der Waals surface area contributed by atoms with Crippen molar-refractivity contribution in [3.05, 3.63) is 42.5 Å². The summed E-state index contributed by atoms with van der Waals surface area (Å²) in [5, 5.41) is 11.9. The number of aliphatic hydroxyl groups is 1. The number of nitrogen functional groups attached to an aromatic ring is 2. The molecule has 0 bridgehead atoms. The Hall–Kier alpha value is -2.20. The first-order valence-electron chi connectivity index (χ1n) is 5.81. The quantitative estimate of drug-likeness (QED) is 0.618. The van der Waals surface area contributed by atoms with Crippen LogP contribution in [0.2, 0.25) is 0 Å². The number of benzene rings is 2. The molecular formula is C14H17N3O. The van der Waals surface area contributed by atoms with E-state index in [1.54, 1.807) is 0 Å². The van der Waals surface area contributed by atoms with Gasteiger partial charge < -0.3 is 21.9 Å². The molecule has 0 radical (unpaired) electrons. The Morgan fingerprint density at radius 1 is 1.06 bits per heavy atom. The first-order chi connectivity index (χ1) is 8.70. The highest BCUT2D eigenvalue weighted by Gasteiger charge is 2.04. The zero-order chi connectivity index (χ0) is 13.0. The molecule has 18 heavy (non-hydrogen) atoms. The summed E-state index contributed by atoms with van der Waals surface area (Å²) in [7, 11) is 0. The van der Waals surface area contributed by atoms with Crippen molar-refractivity contribution < 1.29 is 5.11 Å². The molecule has 0 amide bonds. The van der Waals surface area contributed by atoms with Gasteiger partial charge in [0.15, 0.2) is 0 Å². The van der Waals surface area contributed by atoms with Gasteiger partial charge in [-0.2, -0.15) is 0 Å². The summed E-state index contributed by atoms with van der Waals surface area (Å²) in [5.74, 6) is 0. The molecule has 0 aliphatic heterocycles. The van der Waals surface area contributed by atoms with Crippen molar-refractivity contribution in [3.63, 3.8) is 0 Å². The number of aliphatic hydroxyl groups excluding tert-OH is 1. The lowest BCUT2D eigenvalue weighted by atomic mass is 10.0. The van der Waals surface area contributed by atoms with Crippen molar-refractivity contribution in [2.24, 2.45) is 0 Å². The van der Waals surface area contributed by atoms with Crippen LogP contribution in [-0.2, 0) is 0 Å². The van der Waals surface area contributed by atoms with Crippen molar-refractivity contribution >= 4 is 17.1 Å². The van der Waals surface area contributed by atoms with Crippen LogP contribution in [0.3, 0.4) is 0 Å². The summed E-state index contributed by atoms with van der Waals surface area (Å²) in [5.41, 5.74) is 16.0. The molecule has 2 rings (SSSR count). The maximum atomic E-state index is 8.80. The monoisotopic (exact) mass is 243 g/mol. The molecule has 0 heterocycles. The van der Waals surface area contributed by atoms with Crippen LogP contribution in [-0.4, -0.2) is 18.3 Å². The number of nitrogens with one attached hydrogen (secondary N) is 1. The molecule has 0 aliphatic rings. The fourth-order valence-electron chi connectivity index (χ4n) is 1.82. The third-order valence-corrected chi connectivity index (χ3v) is 2.69. The molecule has 0 spiro atoms. The molecular weight excluding hydrogens is 226 g/mol. The predicted octanol–water partition coefficient (Wildman–Crippen LogP) is 1.92. The van der Waals surface area contributed by atoms with Gasteiger partial charge in [-0.05, 0) is 35.9 Å². The summed E-state index contributed by atoms with van der Waals surface area (Å²) >= 11 is 0. The average Bonchev–Trinajstić information content (AvgIpc) is 2.38. The Kier molecular flexibility index (Phi) is 3.69. The maximum Gasteiger partial charge on any atom is 0.0604 e. The van der Waals surface area contributed by atoms with Gasteiger partial charge in [0.05, 0.1) is 6.61 Å². The van der Waals surface area contributed by atoms with Crippen molar-refractivity contribution in [2.75, 3.05) is 29.9 Å². The molecule has 0 atom stereocenters. The summed E-state index contributed by atoms with van der Waals surface area (Å²) < 4.78 is 0. The van der Waals surface area contributed by atoms with Gasteiger partial charge >= 0.3 is 0 Å². The van der Waals surface area contributed by atoms with Crippen molar-refractivity contribution in [1.82, 2.24) is 0 Å². The van der Waals surface area contributed by atoms with E-state index in [1.807, 2.05) is 42.5 Å². The van der Waals surface area contributed by atoms with Crippen LogP contribution in [0.5, 0.6) is 0 Å². The SMILES string of the molecule is Nc1cccc(-c2cc(NCCO)ccc2N)c1. The average molecular weight is 243 g/mol. The van der Waals surface area contributed by atoms with E-state index in [1.165, 1.54) is 0 Å². The Morgan fingerprint density at radius 2 is 1.89 bits per heavy atom. The first kappa shape index (κ1) is 12.3. The normalized spacial score (nSPS) is 10.3. The van der Waals surface area contributed by atoms with Gasteiger partial charge in [-0.25, -0.2) is 0 Å². The van der Waals surface area contributed by atoms with Gasteiger partial charge in [-0.3, -0.25) is 0 Å². The van der Waals surface area contributed by atoms with Gasteiger partial charge in [0.2, 0.25) is 0 Å². The highest BCUT2D eigenvalue weighted by molar-refractivity contribution is 5.81. The molecule has 94 valence electrons. The molecule has 0 fully saturated rings. The molecule has 0 saturated carbocycles. The number of rotatable bonds is 4. The number of hydrogen-bond donors (Lipinski definition) is 4. The standard InChI is InChI=1S/C14H17N3O/c15-11-3-1-2-10(8-11)13-9-12(17-6-7-18)4-5-14(13)16/h1-5,8-9,17-18H,6-7,15-16H2. The maximum absolute atomic E-state index is 8.80. The zero-order valence-corrected chi connectivity index (χ0v) is 10.1. The minimum atomic E-state index is 0.0952. The van der Waals surface area contributed by atoms with Crippen LogP contribution in [0, 0.1) is 0 Å². The summed E-state index contributed by atoms with van der Waals surface area (Å²) in [6.07, 6.45) is 0. The Balaban J connectivity index is 2.37. The molecule has 0 aromatic heterocycles. The topological polar surface area (TPSA) is 84.3 Å². The van der Waals surface area contributed by atoms with E-state index in [0.717, 1.165) is 16.8 Å². The summed E-state index contributed by atoms with van der Waals surface area (Å²) in [6, 6.07) is 13.3. The summed E-state index contributed by atoms with van der Waals surface area (Å²) in [4.78, 5) is 0. The van der Waals surface area contributed by atoms with Crippen LogP contribution < -0.4 is 16.8 Å². The van der Waals surface area contributed by atoms with E-state index in [-0.39, 0.29) is 6.61 Å². The van der Waals surface area contributed by atoms with Gasteiger partial charge in [0.25, 0.3) is 0 Å². The Morgan fingerprint density at radius 3 is 2.61 bits per heavy atom. The van der Waals surface area contributed by atoms with E-state index >= 15 is 0 Å². The van der Waals surface area contributed by atoms with Crippen LogP contribution in [0.4, 0.5) is 17.1 Å². The second-order valence-corrected chi connectivity index (χ2v) is 4.08. The number of anilines is 3. The second kappa shape index (κ2) is 5.42. The molecule has 2 aromatic carbocycles. The summed E-state index contributed by atoms with van der Waals surface area (Å²) in [6.45, 7) is 0.609. The highest BCUT2D eigenvalue weighted by Crippen LogP contribution is 2.29. The third kappa shape index (κ3) is 2.73. The molecule has 0 unspecified atom stereocenters. The van der Waals surface area contributed by atoms with Crippen LogP contribution >= 0.6 is 0 Å². The lowest BCUT2D eigenvalue weighted by molar-refractivity contribution is 0.311.